The van der Waals surface area contributed by atoms with Gasteiger partial charge in [-0.3, -0.25) is 4.79 Å². The van der Waals surface area contributed by atoms with Gasteiger partial charge in [-0.25, -0.2) is 15.0 Å². The molecule has 1 saturated carbocycles. The molecule has 0 aromatic carbocycles. The fourth-order valence-corrected chi connectivity index (χ4v) is 3.55. The van der Waals surface area contributed by atoms with Gasteiger partial charge in [-0.1, -0.05) is 13.8 Å². The van der Waals surface area contributed by atoms with E-state index in [0.29, 0.717) is 23.2 Å². The molecular formula is C22H30N6O. The third-order valence-electron chi connectivity index (χ3n) is 5.47. The van der Waals surface area contributed by atoms with Crippen LogP contribution in [-0.2, 0) is 12.8 Å². The Morgan fingerprint density at radius 3 is 2.69 bits per heavy atom. The molecule has 154 valence electrons. The summed E-state index contributed by atoms with van der Waals surface area (Å²) in [7, 11) is 0. The molecule has 1 fully saturated rings. The van der Waals surface area contributed by atoms with Gasteiger partial charge in [0.05, 0.1) is 5.56 Å². The summed E-state index contributed by atoms with van der Waals surface area (Å²) >= 11 is 0. The van der Waals surface area contributed by atoms with E-state index in [9.17, 15) is 4.79 Å². The van der Waals surface area contributed by atoms with Gasteiger partial charge < -0.3 is 15.5 Å². The lowest BCUT2D eigenvalue weighted by molar-refractivity contribution is 0.0952. The minimum absolute atomic E-state index is 0.0223. The van der Waals surface area contributed by atoms with E-state index in [1.807, 2.05) is 12.1 Å². The zero-order chi connectivity index (χ0) is 20.2. The van der Waals surface area contributed by atoms with Gasteiger partial charge in [0.15, 0.2) is 0 Å². The van der Waals surface area contributed by atoms with Gasteiger partial charge in [0.2, 0.25) is 5.95 Å². The van der Waals surface area contributed by atoms with Gasteiger partial charge in [0, 0.05) is 50.7 Å². The normalized spacial score (nSPS) is 16.3. The van der Waals surface area contributed by atoms with Crippen LogP contribution in [0.2, 0.25) is 0 Å². The van der Waals surface area contributed by atoms with Crippen molar-refractivity contribution in [1.29, 1.82) is 0 Å². The van der Waals surface area contributed by atoms with Crippen LogP contribution in [0.4, 0.5) is 11.8 Å². The van der Waals surface area contributed by atoms with Gasteiger partial charge in [0.25, 0.3) is 5.91 Å². The Kier molecular flexibility index (Phi) is 5.92. The van der Waals surface area contributed by atoms with Crippen LogP contribution in [0.3, 0.4) is 0 Å². The van der Waals surface area contributed by atoms with Crippen molar-refractivity contribution < 1.29 is 4.79 Å². The van der Waals surface area contributed by atoms with E-state index in [-0.39, 0.29) is 5.91 Å². The van der Waals surface area contributed by atoms with E-state index in [1.54, 1.807) is 12.4 Å². The maximum Gasteiger partial charge on any atom is 0.255 e. The number of carbonyl (C=O) groups is 1. The number of carbonyl (C=O) groups excluding carboxylic acids is 1. The lowest BCUT2D eigenvalue weighted by atomic mass is 10.0. The zero-order valence-corrected chi connectivity index (χ0v) is 17.3. The van der Waals surface area contributed by atoms with Crippen molar-refractivity contribution in [2.45, 2.75) is 39.5 Å². The van der Waals surface area contributed by atoms with E-state index >= 15 is 0 Å². The second-order valence-corrected chi connectivity index (χ2v) is 8.45. The molecule has 1 amide bonds. The van der Waals surface area contributed by atoms with Gasteiger partial charge in [-0.05, 0) is 48.8 Å². The molecule has 7 nitrogen and oxygen atoms in total. The van der Waals surface area contributed by atoms with Crippen LogP contribution in [0.1, 0.15) is 48.3 Å². The lowest BCUT2D eigenvalue weighted by Crippen LogP contribution is -2.27. The number of amides is 1. The molecular weight excluding hydrogens is 364 g/mol. The summed E-state index contributed by atoms with van der Waals surface area (Å²) in [6, 6.07) is 3.87. The highest BCUT2D eigenvalue weighted by Crippen LogP contribution is 2.28. The molecule has 0 saturated heterocycles. The van der Waals surface area contributed by atoms with Crippen molar-refractivity contribution in [3.8, 4) is 0 Å². The number of rotatable bonds is 7. The summed E-state index contributed by atoms with van der Waals surface area (Å²) in [6.07, 6.45) is 7.63. The number of hydrogen-bond acceptors (Lipinski definition) is 6. The summed E-state index contributed by atoms with van der Waals surface area (Å²) in [5, 5.41) is 6.50. The van der Waals surface area contributed by atoms with Crippen molar-refractivity contribution in [3.05, 3.63) is 41.3 Å². The minimum Gasteiger partial charge on any atom is -0.369 e. The van der Waals surface area contributed by atoms with Gasteiger partial charge in [-0.15, -0.1) is 0 Å². The third-order valence-corrected chi connectivity index (χ3v) is 5.47. The number of hydrogen-bond donors (Lipinski definition) is 2. The molecule has 2 N–H and O–H groups in total. The Balaban J connectivity index is 1.56. The fraction of sp³-hybridized carbons (Fsp3) is 0.545. The minimum atomic E-state index is -0.0223. The summed E-state index contributed by atoms with van der Waals surface area (Å²) in [6.45, 7) is 7.50. The third kappa shape index (κ3) is 5.02. The van der Waals surface area contributed by atoms with Crippen molar-refractivity contribution >= 4 is 17.7 Å². The van der Waals surface area contributed by atoms with E-state index in [1.165, 1.54) is 12.8 Å². The number of fused-ring (bicyclic) bond motifs is 1. The van der Waals surface area contributed by atoms with Crippen LogP contribution in [0, 0.1) is 11.8 Å². The Morgan fingerprint density at radius 2 is 1.97 bits per heavy atom. The maximum absolute atomic E-state index is 12.9. The highest BCUT2D eigenvalue weighted by atomic mass is 16.1. The number of anilines is 2. The Bertz CT molecular complexity index is 850. The van der Waals surface area contributed by atoms with Crippen LogP contribution in [-0.4, -0.2) is 47.0 Å². The molecule has 0 spiro atoms. The standard InChI is InChI=1S/C22H30N6O/c1-15(2)13-25-20-18(21(29)26-14-16-4-5-16)12-17-6-10-28(11-7-19(17)27-20)22-23-8-3-9-24-22/h3,8-9,12,15-16H,4-7,10-11,13-14H2,1-2H3,(H,25,27)(H,26,29). The molecule has 1 aliphatic carbocycles. The zero-order valence-electron chi connectivity index (χ0n) is 17.3. The number of aromatic nitrogens is 3. The van der Waals surface area contributed by atoms with Gasteiger partial charge >= 0.3 is 0 Å². The number of pyridine rings is 1. The smallest absolute Gasteiger partial charge is 0.255 e. The second kappa shape index (κ2) is 8.76. The van der Waals surface area contributed by atoms with E-state index in [0.717, 1.165) is 56.2 Å². The van der Waals surface area contributed by atoms with E-state index in [2.05, 4.69) is 39.3 Å². The highest BCUT2D eigenvalue weighted by molar-refractivity contribution is 5.99. The quantitative estimate of drug-likeness (QED) is 0.751. The van der Waals surface area contributed by atoms with E-state index < -0.39 is 0 Å². The molecule has 2 aromatic heterocycles. The molecule has 0 unspecified atom stereocenters. The topological polar surface area (TPSA) is 83.0 Å². The molecule has 4 rings (SSSR count). The van der Waals surface area contributed by atoms with E-state index in [4.69, 9.17) is 4.98 Å². The van der Waals surface area contributed by atoms with Crippen LogP contribution in [0.5, 0.6) is 0 Å². The molecule has 1 aliphatic heterocycles. The maximum atomic E-state index is 12.9. The molecule has 29 heavy (non-hydrogen) atoms. The SMILES string of the molecule is CC(C)CNc1nc2c(cc1C(=O)NCC1CC1)CCN(c1ncccn1)CC2. The highest BCUT2D eigenvalue weighted by Gasteiger charge is 2.25. The first-order chi connectivity index (χ1) is 14.1. The van der Waals surface area contributed by atoms with Crippen LogP contribution >= 0.6 is 0 Å². The number of nitrogens with zero attached hydrogens (tertiary/aromatic N) is 4. The first-order valence-electron chi connectivity index (χ1n) is 10.7. The van der Waals surface area contributed by atoms with Crippen LogP contribution < -0.4 is 15.5 Å². The average molecular weight is 395 g/mol. The molecule has 7 heteroatoms. The lowest BCUT2D eigenvalue weighted by Gasteiger charge is -2.19. The molecule has 2 aliphatic rings. The summed E-state index contributed by atoms with van der Waals surface area (Å²) in [5.74, 6) is 2.56. The van der Waals surface area contributed by atoms with Crippen molar-refractivity contribution in [2.24, 2.45) is 11.8 Å². The molecule has 0 bridgehead atoms. The Labute approximate surface area is 172 Å². The van der Waals surface area contributed by atoms with Crippen LogP contribution in [0.25, 0.3) is 0 Å². The second-order valence-electron chi connectivity index (χ2n) is 8.45. The summed E-state index contributed by atoms with van der Waals surface area (Å²) in [4.78, 5) is 28.7. The van der Waals surface area contributed by atoms with Gasteiger partial charge in [0.1, 0.15) is 5.82 Å². The first kappa shape index (κ1) is 19.6. The predicted octanol–water partition coefficient (Wildman–Crippen LogP) is 2.68. The van der Waals surface area contributed by atoms with Crippen molar-refractivity contribution in [3.63, 3.8) is 0 Å². The number of nitrogens with one attached hydrogen (secondary N) is 2. The average Bonchev–Trinajstić information content (AvgIpc) is 3.57. The summed E-state index contributed by atoms with van der Waals surface area (Å²) in [5.41, 5.74) is 2.87. The van der Waals surface area contributed by atoms with Crippen LogP contribution in [0.15, 0.2) is 24.5 Å². The summed E-state index contributed by atoms with van der Waals surface area (Å²) < 4.78 is 0. The predicted molar refractivity (Wildman–Crippen MR) is 114 cm³/mol. The van der Waals surface area contributed by atoms with Crippen molar-refractivity contribution in [1.82, 2.24) is 20.3 Å². The molecule has 3 heterocycles. The monoisotopic (exact) mass is 394 g/mol. The van der Waals surface area contributed by atoms with Gasteiger partial charge in [-0.2, -0.15) is 0 Å². The first-order valence-corrected chi connectivity index (χ1v) is 10.7. The van der Waals surface area contributed by atoms with Crippen molar-refractivity contribution in [2.75, 3.05) is 36.4 Å². The fourth-order valence-electron chi connectivity index (χ4n) is 3.55. The molecule has 0 atom stereocenters. The Morgan fingerprint density at radius 1 is 1.21 bits per heavy atom. The Hall–Kier alpha value is -2.70. The molecule has 0 radical (unpaired) electrons. The largest absolute Gasteiger partial charge is 0.369 e. The molecule has 2 aromatic rings.